The van der Waals surface area contributed by atoms with Gasteiger partial charge in [0.05, 0.1) is 11.7 Å². The highest BCUT2D eigenvalue weighted by molar-refractivity contribution is 5.56. The van der Waals surface area contributed by atoms with E-state index in [1.54, 1.807) is 6.33 Å². The molecular formula is C17H25N7. The predicted octanol–water partition coefficient (Wildman–Crippen LogP) is 3.25. The molecule has 0 saturated heterocycles. The minimum Gasteiger partial charge on any atom is -0.360 e. The zero-order chi connectivity index (χ0) is 17.4. The van der Waals surface area contributed by atoms with Crippen molar-refractivity contribution in [1.29, 1.82) is 0 Å². The summed E-state index contributed by atoms with van der Waals surface area (Å²) in [5.74, 6) is 1.84. The third-order valence-electron chi connectivity index (χ3n) is 4.38. The quantitative estimate of drug-likeness (QED) is 0.778. The van der Waals surface area contributed by atoms with Gasteiger partial charge in [0.2, 0.25) is 0 Å². The van der Waals surface area contributed by atoms with Gasteiger partial charge in [0.15, 0.2) is 11.5 Å². The van der Waals surface area contributed by atoms with Crippen LogP contribution >= 0.6 is 0 Å². The first-order valence-electron chi connectivity index (χ1n) is 8.44. The summed E-state index contributed by atoms with van der Waals surface area (Å²) in [6.45, 7) is 12.5. The third kappa shape index (κ3) is 2.74. The fraction of sp³-hybridized carbons (Fsp3) is 0.529. The molecule has 0 saturated carbocycles. The van der Waals surface area contributed by atoms with Gasteiger partial charge < -0.3 is 9.88 Å². The Balaban J connectivity index is 2.03. The lowest BCUT2D eigenvalue weighted by Gasteiger charge is -2.18. The van der Waals surface area contributed by atoms with Crippen molar-refractivity contribution in [2.45, 2.75) is 60.0 Å². The summed E-state index contributed by atoms with van der Waals surface area (Å²) >= 11 is 0. The van der Waals surface area contributed by atoms with E-state index < -0.39 is 0 Å². The van der Waals surface area contributed by atoms with Gasteiger partial charge in [-0.2, -0.15) is 9.61 Å². The van der Waals surface area contributed by atoms with Crippen LogP contribution in [0.4, 0.5) is 5.82 Å². The van der Waals surface area contributed by atoms with Crippen LogP contribution in [0.1, 0.15) is 62.6 Å². The van der Waals surface area contributed by atoms with Crippen LogP contribution in [0.2, 0.25) is 0 Å². The van der Waals surface area contributed by atoms with E-state index in [4.69, 9.17) is 4.98 Å². The maximum atomic E-state index is 4.72. The largest absolute Gasteiger partial charge is 0.360 e. The Morgan fingerprint density at radius 2 is 1.96 bits per heavy atom. The Morgan fingerprint density at radius 1 is 1.21 bits per heavy atom. The first kappa shape index (κ1) is 16.4. The summed E-state index contributed by atoms with van der Waals surface area (Å²) in [5, 5.41) is 16.5. The van der Waals surface area contributed by atoms with Gasteiger partial charge in [-0.05, 0) is 41.0 Å². The van der Waals surface area contributed by atoms with E-state index in [2.05, 4.69) is 65.9 Å². The maximum Gasteiger partial charge on any atom is 0.160 e. The molecule has 24 heavy (non-hydrogen) atoms. The number of anilines is 1. The first-order valence-corrected chi connectivity index (χ1v) is 8.44. The summed E-state index contributed by atoms with van der Waals surface area (Å²) < 4.78 is 3.97. The van der Waals surface area contributed by atoms with Crippen molar-refractivity contribution < 1.29 is 0 Å². The second-order valence-electron chi connectivity index (χ2n) is 6.49. The van der Waals surface area contributed by atoms with E-state index in [0.29, 0.717) is 6.04 Å². The molecule has 0 aliphatic rings. The molecule has 3 heterocycles. The van der Waals surface area contributed by atoms with Crippen molar-refractivity contribution in [3.05, 3.63) is 35.2 Å². The highest BCUT2D eigenvalue weighted by Gasteiger charge is 2.18. The van der Waals surface area contributed by atoms with Crippen LogP contribution in [-0.2, 0) is 6.42 Å². The van der Waals surface area contributed by atoms with Crippen LogP contribution in [0, 0.1) is 13.8 Å². The van der Waals surface area contributed by atoms with E-state index in [0.717, 1.165) is 40.7 Å². The standard InChI is InChI=1S/C17H25N7/c1-7-14-8-15(24-16(20-14)11(4)12(5)22-24)19-13(6)17-21-18-9-23(17)10(2)3/h8-10,13,19H,7H2,1-6H3/t13-/m1/s1. The Morgan fingerprint density at radius 3 is 2.62 bits per heavy atom. The van der Waals surface area contributed by atoms with E-state index in [-0.39, 0.29) is 6.04 Å². The van der Waals surface area contributed by atoms with Crippen LogP contribution in [0.3, 0.4) is 0 Å². The monoisotopic (exact) mass is 327 g/mol. The number of nitrogens with one attached hydrogen (secondary N) is 1. The van der Waals surface area contributed by atoms with Crippen molar-refractivity contribution in [3.8, 4) is 0 Å². The third-order valence-corrected chi connectivity index (χ3v) is 4.38. The second-order valence-corrected chi connectivity index (χ2v) is 6.49. The first-order chi connectivity index (χ1) is 11.4. The highest BCUT2D eigenvalue weighted by Crippen LogP contribution is 2.23. The summed E-state index contributed by atoms with van der Waals surface area (Å²) in [7, 11) is 0. The molecule has 0 aliphatic heterocycles. The van der Waals surface area contributed by atoms with Crippen LogP contribution in [0.15, 0.2) is 12.4 Å². The Labute approximate surface area is 142 Å². The molecule has 3 aromatic heterocycles. The van der Waals surface area contributed by atoms with Crippen LogP contribution in [0.25, 0.3) is 5.65 Å². The topological polar surface area (TPSA) is 72.9 Å². The summed E-state index contributed by atoms with van der Waals surface area (Å²) in [4.78, 5) is 4.72. The van der Waals surface area contributed by atoms with E-state index in [1.165, 1.54) is 0 Å². The highest BCUT2D eigenvalue weighted by atomic mass is 15.3. The van der Waals surface area contributed by atoms with E-state index in [9.17, 15) is 0 Å². The molecule has 7 heteroatoms. The van der Waals surface area contributed by atoms with Gasteiger partial charge in [-0.1, -0.05) is 6.92 Å². The van der Waals surface area contributed by atoms with Crippen molar-refractivity contribution in [2.24, 2.45) is 0 Å². The van der Waals surface area contributed by atoms with Crippen LogP contribution in [-0.4, -0.2) is 29.4 Å². The lowest BCUT2D eigenvalue weighted by molar-refractivity contribution is 0.551. The summed E-state index contributed by atoms with van der Waals surface area (Å²) in [5.41, 5.74) is 4.07. The molecule has 0 bridgehead atoms. The molecule has 3 aromatic rings. The minimum absolute atomic E-state index is 0.00928. The zero-order valence-corrected chi connectivity index (χ0v) is 15.2. The van der Waals surface area contributed by atoms with Gasteiger partial charge in [-0.3, -0.25) is 0 Å². The van der Waals surface area contributed by atoms with Gasteiger partial charge in [-0.25, -0.2) is 4.98 Å². The Bertz CT molecular complexity index is 859. The number of aryl methyl sites for hydroxylation is 3. The molecular weight excluding hydrogens is 302 g/mol. The van der Waals surface area contributed by atoms with Crippen molar-refractivity contribution in [3.63, 3.8) is 0 Å². The average molecular weight is 327 g/mol. The molecule has 0 radical (unpaired) electrons. The summed E-state index contributed by atoms with van der Waals surface area (Å²) in [6, 6.07) is 2.39. The minimum atomic E-state index is 0.00928. The fourth-order valence-corrected chi connectivity index (χ4v) is 2.81. The number of rotatable bonds is 5. The van der Waals surface area contributed by atoms with Gasteiger partial charge in [-0.15, -0.1) is 10.2 Å². The number of aromatic nitrogens is 6. The Kier molecular flexibility index (Phi) is 4.26. The maximum absolute atomic E-state index is 4.72. The van der Waals surface area contributed by atoms with Crippen molar-refractivity contribution in [2.75, 3.05) is 5.32 Å². The van der Waals surface area contributed by atoms with Gasteiger partial charge in [0.1, 0.15) is 12.1 Å². The number of hydrogen-bond donors (Lipinski definition) is 1. The molecule has 1 N–H and O–H groups in total. The lowest BCUT2D eigenvalue weighted by atomic mass is 10.2. The zero-order valence-electron chi connectivity index (χ0n) is 15.2. The summed E-state index contributed by atoms with van der Waals surface area (Å²) in [6.07, 6.45) is 2.66. The molecule has 0 fully saturated rings. The molecule has 3 rings (SSSR count). The molecule has 128 valence electrons. The number of fused-ring (bicyclic) bond motifs is 1. The van der Waals surface area contributed by atoms with Crippen molar-refractivity contribution >= 4 is 11.5 Å². The predicted molar refractivity (Wildman–Crippen MR) is 94.3 cm³/mol. The lowest BCUT2D eigenvalue weighted by Crippen LogP contribution is -2.17. The van der Waals surface area contributed by atoms with Gasteiger partial charge in [0, 0.05) is 23.4 Å². The molecule has 0 unspecified atom stereocenters. The average Bonchev–Trinajstić information content (AvgIpc) is 3.14. The van der Waals surface area contributed by atoms with Gasteiger partial charge in [0.25, 0.3) is 0 Å². The smallest absolute Gasteiger partial charge is 0.160 e. The Hall–Kier alpha value is -2.44. The van der Waals surface area contributed by atoms with Crippen molar-refractivity contribution in [1.82, 2.24) is 29.4 Å². The van der Waals surface area contributed by atoms with Crippen LogP contribution < -0.4 is 5.32 Å². The van der Waals surface area contributed by atoms with Gasteiger partial charge >= 0.3 is 0 Å². The molecule has 0 amide bonds. The normalized spacial score (nSPS) is 13.0. The second kappa shape index (κ2) is 6.22. The molecule has 1 atom stereocenters. The van der Waals surface area contributed by atoms with E-state index >= 15 is 0 Å². The molecule has 0 aromatic carbocycles. The number of hydrogen-bond acceptors (Lipinski definition) is 5. The fourth-order valence-electron chi connectivity index (χ4n) is 2.81. The van der Waals surface area contributed by atoms with E-state index in [1.807, 2.05) is 11.4 Å². The van der Waals surface area contributed by atoms with Crippen LogP contribution in [0.5, 0.6) is 0 Å². The molecule has 0 spiro atoms. The molecule has 0 aliphatic carbocycles. The number of nitrogens with zero attached hydrogens (tertiary/aromatic N) is 6. The molecule has 7 nitrogen and oxygen atoms in total. The SMILES string of the molecule is CCc1cc(N[C@H](C)c2nncn2C(C)C)n2nc(C)c(C)c2n1.